The van der Waals surface area contributed by atoms with Gasteiger partial charge in [0, 0.05) is 36.1 Å². The maximum atomic E-state index is 12.5. The Balaban J connectivity index is 0.00000124. The Morgan fingerprint density at radius 1 is 1.17 bits per heavy atom. The molecule has 0 radical (unpaired) electrons. The molecule has 2 heterocycles. The van der Waals surface area contributed by atoms with Gasteiger partial charge in [-0.3, -0.25) is 4.79 Å². The van der Waals surface area contributed by atoms with Crippen LogP contribution < -0.4 is 16.2 Å². The lowest BCUT2D eigenvalue weighted by Crippen LogP contribution is -2.42. The highest BCUT2D eigenvalue weighted by molar-refractivity contribution is 6.30. The largest absolute Gasteiger partial charge is 0.378 e. The van der Waals surface area contributed by atoms with E-state index in [1.165, 1.54) is 5.56 Å². The highest BCUT2D eigenvalue weighted by atomic mass is 35.5. The van der Waals surface area contributed by atoms with Crippen molar-refractivity contribution in [3.8, 4) is 0 Å². The number of hydrogen-bond donors (Lipinski definition) is 1. The predicted molar refractivity (Wildman–Crippen MR) is 123 cm³/mol. The molecule has 0 spiro atoms. The van der Waals surface area contributed by atoms with Gasteiger partial charge >= 0.3 is 0 Å². The van der Waals surface area contributed by atoms with Crippen molar-refractivity contribution >= 4 is 17.4 Å². The highest BCUT2D eigenvalue weighted by Crippen LogP contribution is 2.42. The molecule has 0 unspecified atom stereocenters. The van der Waals surface area contributed by atoms with E-state index in [-0.39, 0.29) is 17.0 Å². The van der Waals surface area contributed by atoms with Gasteiger partial charge < -0.3 is 15.4 Å². The van der Waals surface area contributed by atoms with E-state index >= 15 is 0 Å². The molecule has 6 nitrogen and oxygen atoms in total. The van der Waals surface area contributed by atoms with Crippen molar-refractivity contribution in [2.45, 2.75) is 51.0 Å². The van der Waals surface area contributed by atoms with Gasteiger partial charge in [0.05, 0.1) is 19.3 Å². The van der Waals surface area contributed by atoms with E-state index < -0.39 is 0 Å². The molecule has 164 valence electrons. The minimum Gasteiger partial charge on any atom is -0.378 e. The van der Waals surface area contributed by atoms with Gasteiger partial charge in [0.2, 0.25) is 0 Å². The smallest absolute Gasteiger partial charge is 0.267 e. The first kappa shape index (κ1) is 22.8. The summed E-state index contributed by atoms with van der Waals surface area (Å²) < 4.78 is 7.10. The average molecular weight is 433 g/mol. The number of benzene rings is 1. The third kappa shape index (κ3) is 4.88. The van der Waals surface area contributed by atoms with Gasteiger partial charge in [0.15, 0.2) is 0 Å². The number of ether oxygens (including phenoxy) is 1. The van der Waals surface area contributed by atoms with E-state index in [1.807, 2.05) is 38.1 Å². The Morgan fingerprint density at radius 2 is 1.87 bits per heavy atom. The molecule has 1 aliphatic carbocycles. The van der Waals surface area contributed by atoms with E-state index in [0.717, 1.165) is 49.6 Å². The summed E-state index contributed by atoms with van der Waals surface area (Å²) in [5, 5.41) is 5.44. The van der Waals surface area contributed by atoms with Crippen LogP contribution in [-0.4, -0.2) is 42.6 Å². The van der Waals surface area contributed by atoms with E-state index in [4.69, 9.17) is 27.2 Å². The standard InChI is InChI=1S/C21H27ClN4O2.C2H6/c22-17-3-1-2-16(14-17)21(15-23)8-6-18(7-9-21)26-20(27)5-4-19(24-26)25-10-12-28-13-11-25;1-2/h1-5,14,18H,6-13,15,23H2;1-2H3. The number of halogens is 1. The molecule has 2 aliphatic rings. The van der Waals surface area contributed by atoms with Crippen LogP contribution in [0.2, 0.25) is 5.02 Å². The zero-order valence-electron chi connectivity index (χ0n) is 18.0. The second kappa shape index (κ2) is 10.4. The lowest BCUT2D eigenvalue weighted by Gasteiger charge is -2.40. The van der Waals surface area contributed by atoms with Crippen LogP contribution in [0.25, 0.3) is 0 Å². The van der Waals surface area contributed by atoms with Crippen molar-refractivity contribution in [3.05, 3.63) is 57.3 Å². The molecule has 1 aliphatic heterocycles. The van der Waals surface area contributed by atoms with E-state index in [9.17, 15) is 4.79 Å². The molecule has 2 fully saturated rings. The molecule has 0 amide bonds. The van der Waals surface area contributed by atoms with Crippen LogP contribution in [0, 0.1) is 0 Å². The molecule has 1 aromatic carbocycles. The first-order valence-electron chi connectivity index (χ1n) is 11.0. The number of anilines is 1. The monoisotopic (exact) mass is 432 g/mol. The van der Waals surface area contributed by atoms with Gasteiger partial charge in [-0.25, -0.2) is 4.68 Å². The number of nitrogens with two attached hydrogens (primary N) is 1. The van der Waals surface area contributed by atoms with Gasteiger partial charge in [0.25, 0.3) is 5.56 Å². The molecule has 2 N–H and O–H groups in total. The molecule has 7 heteroatoms. The third-order valence-electron chi connectivity index (χ3n) is 6.23. The normalized spacial score (nSPS) is 24.1. The fourth-order valence-electron chi connectivity index (χ4n) is 4.47. The topological polar surface area (TPSA) is 73.4 Å². The number of hydrogen-bond acceptors (Lipinski definition) is 5. The van der Waals surface area contributed by atoms with Crippen LogP contribution >= 0.6 is 11.6 Å². The first-order valence-corrected chi connectivity index (χ1v) is 11.4. The first-order chi connectivity index (χ1) is 14.6. The minimum atomic E-state index is -0.0766. The summed E-state index contributed by atoms with van der Waals surface area (Å²) in [4.78, 5) is 14.7. The summed E-state index contributed by atoms with van der Waals surface area (Å²) in [5.41, 5.74) is 7.29. The molecule has 2 aromatic rings. The van der Waals surface area contributed by atoms with Gasteiger partial charge in [-0.2, -0.15) is 5.10 Å². The molecular weight excluding hydrogens is 400 g/mol. The van der Waals surface area contributed by atoms with Crippen molar-refractivity contribution in [1.29, 1.82) is 0 Å². The zero-order valence-corrected chi connectivity index (χ0v) is 18.8. The van der Waals surface area contributed by atoms with Gasteiger partial charge in [0.1, 0.15) is 5.82 Å². The van der Waals surface area contributed by atoms with Gasteiger partial charge in [-0.15, -0.1) is 0 Å². The Bertz CT molecular complexity index is 872. The highest BCUT2D eigenvalue weighted by Gasteiger charge is 2.37. The lowest BCUT2D eigenvalue weighted by molar-refractivity contribution is 0.122. The quantitative estimate of drug-likeness (QED) is 0.795. The van der Waals surface area contributed by atoms with Crippen LogP contribution in [0.15, 0.2) is 41.2 Å². The Morgan fingerprint density at radius 3 is 2.50 bits per heavy atom. The maximum absolute atomic E-state index is 12.5. The number of morpholine rings is 1. The van der Waals surface area contributed by atoms with Crippen LogP contribution in [0.3, 0.4) is 0 Å². The molecule has 4 rings (SSSR count). The summed E-state index contributed by atoms with van der Waals surface area (Å²) in [5.74, 6) is 0.855. The average Bonchev–Trinajstić information content (AvgIpc) is 2.81. The molecule has 0 atom stereocenters. The summed E-state index contributed by atoms with van der Waals surface area (Å²) in [6.07, 6.45) is 3.60. The summed E-state index contributed by atoms with van der Waals surface area (Å²) in [6, 6.07) is 11.6. The summed E-state index contributed by atoms with van der Waals surface area (Å²) in [6.45, 7) is 7.59. The molecule has 0 bridgehead atoms. The second-order valence-electron chi connectivity index (χ2n) is 7.80. The van der Waals surface area contributed by atoms with E-state index in [0.29, 0.717) is 19.8 Å². The fourth-order valence-corrected chi connectivity index (χ4v) is 4.66. The van der Waals surface area contributed by atoms with E-state index in [1.54, 1.807) is 10.7 Å². The number of rotatable bonds is 4. The Hall–Kier alpha value is -1.89. The van der Waals surface area contributed by atoms with Crippen molar-refractivity contribution in [1.82, 2.24) is 9.78 Å². The molecule has 30 heavy (non-hydrogen) atoms. The van der Waals surface area contributed by atoms with Crippen molar-refractivity contribution in [2.75, 3.05) is 37.7 Å². The maximum Gasteiger partial charge on any atom is 0.267 e. The Kier molecular flexibility index (Phi) is 7.92. The molecule has 1 saturated carbocycles. The van der Waals surface area contributed by atoms with Gasteiger partial charge in [-0.05, 0) is 49.4 Å². The van der Waals surface area contributed by atoms with Crippen molar-refractivity contribution in [2.24, 2.45) is 5.73 Å². The van der Waals surface area contributed by atoms with E-state index in [2.05, 4.69) is 11.0 Å². The summed E-state index contributed by atoms with van der Waals surface area (Å²) >= 11 is 6.21. The van der Waals surface area contributed by atoms with Crippen LogP contribution in [0.1, 0.15) is 51.1 Å². The fraction of sp³-hybridized carbons (Fsp3) is 0.565. The SMILES string of the molecule is CC.NCC1(c2cccc(Cl)c2)CCC(n2nc(N3CCOCC3)ccc2=O)CC1. The van der Waals surface area contributed by atoms with Crippen LogP contribution in [0.4, 0.5) is 5.82 Å². The lowest BCUT2D eigenvalue weighted by atomic mass is 9.68. The predicted octanol–water partition coefficient (Wildman–Crippen LogP) is 3.77. The molecule has 1 aromatic heterocycles. The number of nitrogens with zero attached hydrogens (tertiary/aromatic N) is 3. The Labute approximate surface area is 184 Å². The van der Waals surface area contributed by atoms with Gasteiger partial charge in [-0.1, -0.05) is 37.6 Å². The third-order valence-corrected chi connectivity index (χ3v) is 6.47. The van der Waals surface area contributed by atoms with Crippen molar-refractivity contribution < 1.29 is 4.74 Å². The summed E-state index contributed by atoms with van der Waals surface area (Å²) in [7, 11) is 0. The zero-order chi connectivity index (χ0) is 21.6. The van der Waals surface area contributed by atoms with Crippen LogP contribution in [0.5, 0.6) is 0 Å². The van der Waals surface area contributed by atoms with Crippen LogP contribution in [-0.2, 0) is 10.2 Å². The van der Waals surface area contributed by atoms with Crippen molar-refractivity contribution in [3.63, 3.8) is 0 Å². The second-order valence-corrected chi connectivity index (χ2v) is 8.24. The molecular formula is C23H33ClN4O2. The molecule has 1 saturated heterocycles. The number of aromatic nitrogens is 2. The minimum absolute atomic E-state index is 0.0370.